The number of likely N-dealkylation sites (tertiary alicyclic amines) is 1. The molecule has 0 aliphatic carbocycles. The van der Waals surface area contributed by atoms with Crippen molar-refractivity contribution in [3.05, 3.63) is 65.2 Å². The minimum Gasteiger partial charge on any atom is -0.375 e. The van der Waals surface area contributed by atoms with Gasteiger partial charge in [0.15, 0.2) is 0 Å². The number of halogens is 3. The van der Waals surface area contributed by atoms with Crippen molar-refractivity contribution >= 4 is 12.0 Å². The van der Waals surface area contributed by atoms with Gasteiger partial charge in [0.1, 0.15) is 11.9 Å². The predicted molar refractivity (Wildman–Crippen MR) is 129 cm³/mol. The molecule has 0 aromatic heterocycles. The Balaban J connectivity index is 0.000000168. The van der Waals surface area contributed by atoms with Crippen molar-refractivity contribution in [2.24, 2.45) is 11.8 Å². The first-order valence-electron chi connectivity index (χ1n) is 12.0. The summed E-state index contributed by atoms with van der Waals surface area (Å²) in [5, 5.41) is 0. The molecule has 3 heterocycles. The van der Waals surface area contributed by atoms with E-state index in [9.17, 15) is 18.0 Å². The lowest BCUT2D eigenvalue weighted by atomic mass is 9.90. The molecular formula is C27H33F3N2O3. The second kappa shape index (κ2) is 10.3. The predicted octanol–water partition coefficient (Wildman–Crippen LogP) is 4.85. The second-order valence-electron chi connectivity index (χ2n) is 10.1. The van der Waals surface area contributed by atoms with E-state index in [4.69, 9.17) is 9.47 Å². The molecule has 0 bridgehead atoms. The number of nitrogens with zero attached hydrogens (tertiary/aromatic N) is 2. The van der Waals surface area contributed by atoms with E-state index in [1.807, 2.05) is 32.0 Å². The number of ether oxygens (including phenoxy) is 2. The average Bonchev–Trinajstić information content (AvgIpc) is 3.34. The molecule has 0 radical (unpaired) electrons. The van der Waals surface area contributed by atoms with Gasteiger partial charge in [0.05, 0.1) is 24.9 Å². The number of fused-ring (bicyclic) bond motifs is 1. The lowest BCUT2D eigenvalue weighted by Gasteiger charge is -2.43. The molecule has 2 atom stereocenters. The van der Waals surface area contributed by atoms with Crippen LogP contribution in [0, 0.1) is 11.8 Å². The highest BCUT2D eigenvalue weighted by molar-refractivity contribution is 5.75. The zero-order valence-corrected chi connectivity index (χ0v) is 20.4. The van der Waals surface area contributed by atoms with Crippen LogP contribution in [0.3, 0.4) is 0 Å². The molecule has 2 aromatic rings. The lowest BCUT2D eigenvalue weighted by molar-refractivity contribution is -0.232. The van der Waals surface area contributed by atoms with Crippen LogP contribution in [0.25, 0.3) is 0 Å². The topological polar surface area (TPSA) is 42.0 Å². The number of hydrogen-bond donors (Lipinski definition) is 0. The van der Waals surface area contributed by atoms with E-state index in [-0.39, 0.29) is 11.7 Å². The number of benzene rings is 2. The van der Waals surface area contributed by atoms with Crippen LogP contribution in [0.2, 0.25) is 0 Å². The van der Waals surface area contributed by atoms with Crippen LogP contribution in [0.4, 0.5) is 18.9 Å². The molecule has 3 aliphatic rings. The lowest BCUT2D eigenvalue weighted by Crippen LogP contribution is -2.50. The molecule has 8 heteroatoms. The number of carbonyl (C=O) groups is 1. The van der Waals surface area contributed by atoms with Crippen LogP contribution >= 0.6 is 0 Å². The first-order chi connectivity index (χ1) is 16.6. The van der Waals surface area contributed by atoms with Gasteiger partial charge in [-0.15, -0.1) is 0 Å². The summed E-state index contributed by atoms with van der Waals surface area (Å²) in [4.78, 5) is 15.3. The number of anilines is 1. The highest BCUT2D eigenvalue weighted by atomic mass is 19.4. The van der Waals surface area contributed by atoms with Crippen molar-refractivity contribution < 1.29 is 27.4 Å². The summed E-state index contributed by atoms with van der Waals surface area (Å²) in [7, 11) is 2.13. The standard InChI is InChI=1S/C14H17F3N2.C13H16O3/c1-18-6-10-8-19(9-11(10)7-18)13-4-2-12(3-5-13)14(15,16)17;1-10(2)16-13(8-15-9-13)12-5-3-4-11(6-12)7-14/h2-5,10-11H,6-9H2,1H3;3-7,10H,8-9H2,1-2H3. The molecule has 0 saturated carbocycles. The maximum atomic E-state index is 12.5. The molecule has 0 N–H and O–H groups in total. The minimum atomic E-state index is -4.25. The van der Waals surface area contributed by atoms with Crippen molar-refractivity contribution in [2.75, 3.05) is 51.3 Å². The summed E-state index contributed by atoms with van der Waals surface area (Å²) < 4.78 is 48.7. The molecule has 3 fully saturated rings. The van der Waals surface area contributed by atoms with E-state index < -0.39 is 11.7 Å². The highest BCUT2D eigenvalue weighted by Crippen LogP contribution is 2.36. The van der Waals surface area contributed by atoms with Crippen LogP contribution in [-0.4, -0.2) is 63.7 Å². The normalized spacial score (nSPS) is 23.5. The molecule has 190 valence electrons. The quantitative estimate of drug-likeness (QED) is 0.561. The van der Waals surface area contributed by atoms with Crippen molar-refractivity contribution in [3.8, 4) is 0 Å². The summed E-state index contributed by atoms with van der Waals surface area (Å²) in [5.74, 6) is 1.32. The van der Waals surface area contributed by atoms with E-state index in [1.165, 1.54) is 12.1 Å². The Kier molecular flexibility index (Phi) is 7.54. The van der Waals surface area contributed by atoms with Crippen LogP contribution in [-0.2, 0) is 21.3 Å². The molecule has 2 unspecified atom stereocenters. The summed E-state index contributed by atoms with van der Waals surface area (Å²) in [6.07, 6.45) is -3.25. The number of alkyl halides is 3. The van der Waals surface area contributed by atoms with Gasteiger partial charge in [0.25, 0.3) is 0 Å². The van der Waals surface area contributed by atoms with Gasteiger partial charge in [-0.3, -0.25) is 4.79 Å². The van der Waals surface area contributed by atoms with Crippen molar-refractivity contribution in [3.63, 3.8) is 0 Å². The van der Waals surface area contributed by atoms with Crippen molar-refractivity contribution in [2.45, 2.75) is 31.7 Å². The third kappa shape index (κ3) is 5.88. The van der Waals surface area contributed by atoms with Gasteiger partial charge in [0, 0.05) is 37.4 Å². The van der Waals surface area contributed by atoms with Crippen LogP contribution < -0.4 is 4.90 Å². The van der Waals surface area contributed by atoms with Gasteiger partial charge in [-0.25, -0.2) is 0 Å². The fraction of sp³-hybridized carbons (Fsp3) is 0.519. The SMILES string of the molecule is CC(C)OC1(c2cccc(C=O)c2)COC1.CN1CC2CN(c3ccc(C(F)(F)F)cc3)CC2C1. The summed E-state index contributed by atoms with van der Waals surface area (Å²) >= 11 is 0. The summed E-state index contributed by atoms with van der Waals surface area (Å²) in [5.41, 5.74) is 1.68. The third-order valence-electron chi connectivity index (χ3n) is 6.91. The van der Waals surface area contributed by atoms with E-state index in [2.05, 4.69) is 16.8 Å². The van der Waals surface area contributed by atoms with E-state index in [1.54, 1.807) is 18.2 Å². The molecule has 3 saturated heterocycles. The van der Waals surface area contributed by atoms with E-state index in [0.717, 1.165) is 43.7 Å². The highest BCUT2D eigenvalue weighted by Gasteiger charge is 2.42. The molecule has 5 rings (SSSR count). The number of aldehydes is 1. The first kappa shape index (κ1) is 25.7. The van der Waals surface area contributed by atoms with Gasteiger partial charge < -0.3 is 19.3 Å². The summed E-state index contributed by atoms with van der Waals surface area (Å²) in [6, 6.07) is 13.1. The Labute approximate surface area is 204 Å². The van der Waals surface area contributed by atoms with Crippen LogP contribution in [0.5, 0.6) is 0 Å². The van der Waals surface area contributed by atoms with Gasteiger partial charge in [-0.05, 0) is 68.6 Å². The monoisotopic (exact) mass is 490 g/mol. The van der Waals surface area contributed by atoms with Gasteiger partial charge >= 0.3 is 6.18 Å². The summed E-state index contributed by atoms with van der Waals surface area (Å²) in [6.45, 7) is 9.25. The van der Waals surface area contributed by atoms with Gasteiger partial charge in [-0.2, -0.15) is 13.2 Å². The Hall–Kier alpha value is -2.42. The van der Waals surface area contributed by atoms with Crippen LogP contribution in [0.15, 0.2) is 48.5 Å². The molecule has 0 spiro atoms. The zero-order valence-electron chi connectivity index (χ0n) is 20.4. The zero-order chi connectivity index (χ0) is 25.2. The average molecular weight is 491 g/mol. The largest absolute Gasteiger partial charge is 0.416 e. The van der Waals surface area contributed by atoms with Crippen LogP contribution in [0.1, 0.15) is 35.3 Å². The molecule has 0 amide bonds. The number of rotatable bonds is 5. The maximum absolute atomic E-state index is 12.5. The van der Waals surface area contributed by atoms with Gasteiger partial charge in [0.2, 0.25) is 0 Å². The van der Waals surface area contributed by atoms with E-state index >= 15 is 0 Å². The van der Waals surface area contributed by atoms with Crippen molar-refractivity contribution in [1.29, 1.82) is 0 Å². The smallest absolute Gasteiger partial charge is 0.375 e. The number of carbonyl (C=O) groups excluding carboxylic acids is 1. The van der Waals surface area contributed by atoms with E-state index in [0.29, 0.717) is 30.6 Å². The first-order valence-corrected chi connectivity index (χ1v) is 12.0. The molecule has 5 nitrogen and oxygen atoms in total. The Morgan fingerprint density at radius 2 is 1.66 bits per heavy atom. The molecule has 35 heavy (non-hydrogen) atoms. The Morgan fingerprint density at radius 3 is 2.14 bits per heavy atom. The Morgan fingerprint density at radius 1 is 1.03 bits per heavy atom. The molecule has 2 aromatic carbocycles. The second-order valence-corrected chi connectivity index (χ2v) is 10.1. The maximum Gasteiger partial charge on any atom is 0.416 e. The molecular weight excluding hydrogens is 457 g/mol. The van der Waals surface area contributed by atoms with Crippen molar-refractivity contribution in [1.82, 2.24) is 4.90 Å². The van der Waals surface area contributed by atoms with Gasteiger partial charge in [-0.1, -0.05) is 18.2 Å². The molecule has 3 aliphatic heterocycles. The minimum absolute atomic E-state index is 0.142. The third-order valence-corrected chi connectivity index (χ3v) is 6.91. The Bertz CT molecular complexity index is 991. The fourth-order valence-electron chi connectivity index (χ4n) is 5.24. The number of hydrogen-bond acceptors (Lipinski definition) is 5. The fourth-order valence-corrected chi connectivity index (χ4v) is 5.24.